The second kappa shape index (κ2) is 1.60. The Bertz CT molecular complexity index is 59.8. The molecule has 6 heavy (non-hydrogen) atoms. The summed E-state index contributed by atoms with van der Waals surface area (Å²) in [5.41, 5.74) is 6.36. The van der Waals surface area contributed by atoms with Crippen LogP contribution in [0, 0.1) is 5.53 Å². The molecule has 34 valence electrons. The van der Waals surface area contributed by atoms with Crippen molar-refractivity contribution >= 4 is 11.9 Å². The molecule has 1 N–H and O–H groups in total. The molecule has 0 aromatic rings. The van der Waals surface area contributed by atoms with Gasteiger partial charge in [-0.05, 0) is 12.8 Å². The minimum Gasteiger partial charge on any atom is -0.198 e. The van der Waals surface area contributed by atoms with E-state index >= 15 is 0 Å². The van der Waals surface area contributed by atoms with Gasteiger partial charge in [0.1, 0.15) is 0 Å². The zero-order valence-corrected chi connectivity index (χ0v) is 4.16. The molecule has 1 saturated carbocycles. The summed E-state index contributed by atoms with van der Waals surface area (Å²) in [5.74, 6) is 0. The van der Waals surface area contributed by atoms with Crippen LogP contribution in [0.25, 0.3) is 0 Å². The lowest BCUT2D eigenvalue weighted by molar-refractivity contribution is 1.24. The van der Waals surface area contributed by atoms with Crippen molar-refractivity contribution in [3.05, 3.63) is 0 Å². The molecule has 3 heteroatoms. The lowest BCUT2D eigenvalue weighted by Gasteiger charge is -1.74. The van der Waals surface area contributed by atoms with E-state index in [9.17, 15) is 0 Å². The van der Waals surface area contributed by atoms with Crippen molar-refractivity contribution in [1.29, 1.82) is 5.53 Å². The summed E-state index contributed by atoms with van der Waals surface area (Å²) in [6.07, 6.45) is 2.54. The summed E-state index contributed by atoms with van der Waals surface area (Å²) in [7, 11) is 0. The molecule has 2 nitrogen and oxygen atoms in total. The maximum absolute atomic E-state index is 6.36. The fraction of sp³-hybridized carbons (Fsp3) is 1.00. The normalized spacial score (nSPS) is 20.7. The molecule has 1 aliphatic rings. The molecule has 0 aliphatic heterocycles. The third kappa shape index (κ3) is 0.971. The molecule has 1 rings (SSSR count). The third-order valence-corrected chi connectivity index (χ3v) is 1.60. The first-order valence-electron chi connectivity index (χ1n) is 1.96. The van der Waals surface area contributed by atoms with Gasteiger partial charge < -0.3 is 0 Å². The van der Waals surface area contributed by atoms with E-state index in [1.165, 1.54) is 24.8 Å². The van der Waals surface area contributed by atoms with Gasteiger partial charge in [-0.1, -0.05) is 0 Å². The largest absolute Gasteiger partial charge is 0.198 e. The second-order valence-electron chi connectivity index (χ2n) is 1.40. The fourth-order valence-electron chi connectivity index (χ4n) is 0.248. The number of hydrogen-bond acceptors (Lipinski definition) is 3. The first-order chi connectivity index (χ1) is 2.93. The average molecular weight is 102 g/mol. The Hall–Kier alpha value is -0.0500. The predicted molar refractivity (Wildman–Crippen MR) is 25.8 cm³/mol. The first kappa shape index (κ1) is 4.12. The third-order valence-electron chi connectivity index (χ3n) is 0.726. The van der Waals surface area contributed by atoms with Crippen LogP contribution in [0.2, 0.25) is 0 Å². The summed E-state index contributed by atoms with van der Waals surface area (Å²) >= 11 is 1.39. The van der Waals surface area contributed by atoms with Crippen molar-refractivity contribution in [3.8, 4) is 0 Å². The number of nitrogens with zero attached hydrogens (tertiary/aromatic N) is 1. The van der Waals surface area contributed by atoms with Crippen LogP contribution >= 0.6 is 11.9 Å². The molecule has 0 saturated heterocycles. The van der Waals surface area contributed by atoms with Crippen LogP contribution in [0.1, 0.15) is 12.8 Å². The van der Waals surface area contributed by atoms with E-state index in [2.05, 4.69) is 4.52 Å². The Morgan fingerprint density at radius 3 is 2.50 bits per heavy atom. The maximum atomic E-state index is 6.36. The monoisotopic (exact) mass is 102 g/mol. The summed E-state index contributed by atoms with van der Waals surface area (Å²) < 4.78 is 3.16. The van der Waals surface area contributed by atoms with E-state index in [-0.39, 0.29) is 0 Å². The summed E-state index contributed by atoms with van der Waals surface area (Å²) in [6, 6.07) is 0. The molecule has 0 radical (unpaired) electrons. The lowest BCUT2D eigenvalue weighted by Crippen LogP contribution is -1.58. The zero-order valence-electron chi connectivity index (χ0n) is 3.35. The van der Waals surface area contributed by atoms with Gasteiger partial charge in [-0.15, -0.1) is 4.52 Å². The Balaban J connectivity index is 2.00. The molecular weight excluding hydrogens is 96.1 g/mol. The molecule has 0 aromatic heterocycles. The summed E-state index contributed by atoms with van der Waals surface area (Å²) in [6.45, 7) is 0. The van der Waals surface area contributed by atoms with Crippen molar-refractivity contribution in [1.82, 2.24) is 0 Å². The minimum atomic E-state index is 0.711. The standard InChI is InChI=1S/C3H6N2S/c4-5-6-3-1-2-3/h3-4H,1-2H2. The van der Waals surface area contributed by atoms with E-state index in [1.54, 1.807) is 0 Å². The SMILES string of the molecule is N=NSC1CC1. The number of nitrogens with one attached hydrogen (secondary N) is 1. The molecule has 0 heterocycles. The van der Waals surface area contributed by atoms with Gasteiger partial charge in [-0.2, -0.15) is 5.53 Å². The Labute approximate surface area is 41.0 Å². The Morgan fingerprint density at radius 2 is 2.33 bits per heavy atom. The van der Waals surface area contributed by atoms with Gasteiger partial charge in [0.25, 0.3) is 0 Å². The number of rotatable bonds is 2. The molecule has 1 aliphatic carbocycles. The van der Waals surface area contributed by atoms with E-state index in [0.29, 0.717) is 5.25 Å². The van der Waals surface area contributed by atoms with Gasteiger partial charge in [-0.3, -0.25) is 0 Å². The Morgan fingerprint density at radius 1 is 1.67 bits per heavy atom. The molecular formula is C3H6N2S. The van der Waals surface area contributed by atoms with Crippen molar-refractivity contribution in [2.75, 3.05) is 0 Å². The maximum Gasteiger partial charge on any atom is 0.0285 e. The minimum absolute atomic E-state index is 0.711. The second-order valence-corrected chi connectivity index (χ2v) is 2.46. The predicted octanol–water partition coefficient (Wildman–Crippen LogP) is 1.83. The molecule has 0 spiro atoms. The van der Waals surface area contributed by atoms with Gasteiger partial charge in [0.15, 0.2) is 0 Å². The quantitative estimate of drug-likeness (QED) is 0.419. The molecule has 1 fully saturated rings. The highest BCUT2D eigenvalue weighted by Crippen LogP contribution is 2.34. The highest BCUT2D eigenvalue weighted by Gasteiger charge is 2.21. The van der Waals surface area contributed by atoms with Crippen LogP contribution < -0.4 is 0 Å². The summed E-state index contributed by atoms with van der Waals surface area (Å²) in [5, 5.41) is 0.711. The van der Waals surface area contributed by atoms with Crippen molar-refractivity contribution in [2.24, 2.45) is 4.52 Å². The van der Waals surface area contributed by atoms with E-state index in [0.717, 1.165) is 0 Å². The smallest absolute Gasteiger partial charge is 0.0285 e. The van der Waals surface area contributed by atoms with Gasteiger partial charge in [0, 0.05) is 17.2 Å². The molecule has 0 amide bonds. The van der Waals surface area contributed by atoms with Crippen LogP contribution in [-0.4, -0.2) is 5.25 Å². The van der Waals surface area contributed by atoms with Gasteiger partial charge in [-0.25, -0.2) is 0 Å². The van der Waals surface area contributed by atoms with E-state index in [1.807, 2.05) is 0 Å². The Kier molecular flexibility index (Phi) is 1.10. The lowest BCUT2D eigenvalue weighted by atomic mass is 11.0. The number of hydrogen-bond donors (Lipinski definition) is 1. The van der Waals surface area contributed by atoms with Crippen molar-refractivity contribution in [2.45, 2.75) is 18.1 Å². The topological polar surface area (TPSA) is 36.2 Å². The average Bonchev–Trinajstić information content (AvgIpc) is 2.21. The first-order valence-corrected chi connectivity index (χ1v) is 2.79. The van der Waals surface area contributed by atoms with Gasteiger partial charge >= 0.3 is 0 Å². The molecule has 0 aromatic carbocycles. The van der Waals surface area contributed by atoms with Crippen LogP contribution in [0.5, 0.6) is 0 Å². The van der Waals surface area contributed by atoms with Crippen LogP contribution in [0.3, 0.4) is 0 Å². The zero-order chi connectivity index (χ0) is 4.41. The highest BCUT2D eigenvalue weighted by atomic mass is 32.2. The summed E-state index contributed by atoms with van der Waals surface area (Å²) in [4.78, 5) is 0. The van der Waals surface area contributed by atoms with E-state index in [4.69, 9.17) is 5.53 Å². The van der Waals surface area contributed by atoms with Crippen molar-refractivity contribution in [3.63, 3.8) is 0 Å². The molecule has 0 bridgehead atoms. The molecule has 0 atom stereocenters. The van der Waals surface area contributed by atoms with Crippen LogP contribution in [0.15, 0.2) is 4.52 Å². The molecule has 0 unspecified atom stereocenters. The van der Waals surface area contributed by atoms with Crippen molar-refractivity contribution < 1.29 is 0 Å². The van der Waals surface area contributed by atoms with Gasteiger partial charge in [0.2, 0.25) is 0 Å². The van der Waals surface area contributed by atoms with Crippen LogP contribution in [-0.2, 0) is 0 Å². The van der Waals surface area contributed by atoms with Crippen LogP contribution in [0.4, 0.5) is 0 Å². The fourth-order valence-corrected chi connectivity index (χ4v) is 0.744. The highest BCUT2D eigenvalue weighted by molar-refractivity contribution is 7.98. The van der Waals surface area contributed by atoms with E-state index < -0.39 is 0 Å². The van der Waals surface area contributed by atoms with Gasteiger partial charge in [0.05, 0.1) is 0 Å².